The first kappa shape index (κ1) is 12.5. The Morgan fingerprint density at radius 2 is 2.05 bits per heavy atom. The number of carbonyl (C=O) groups excluding carboxylic acids is 1. The van der Waals surface area contributed by atoms with Gasteiger partial charge in [-0.25, -0.2) is 9.78 Å². The first-order chi connectivity index (χ1) is 8.72. The lowest BCUT2D eigenvalue weighted by Gasteiger charge is -2.70. The minimum atomic E-state index is -0.438. The van der Waals surface area contributed by atoms with Gasteiger partial charge in [0, 0.05) is 6.20 Å². The molecule has 0 spiro atoms. The molecular formula is C14H21N3O2. The Balaban J connectivity index is 1.57. The van der Waals surface area contributed by atoms with E-state index in [1.165, 1.54) is 0 Å². The zero-order valence-corrected chi connectivity index (χ0v) is 12.0. The van der Waals surface area contributed by atoms with Crippen LogP contribution in [0.3, 0.4) is 0 Å². The summed E-state index contributed by atoms with van der Waals surface area (Å²) in [6.45, 7) is 7.63. The summed E-state index contributed by atoms with van der Waals surface area (Å²) in [5.74, 6) is 0. The number of nitrogens with zero attached hydrogens (tertiary/aromatic N) is 2. The van der Waals surface area contributed by atoms with Gasteiger partial charge in [-0.3, -0.25) is 0 Å². The fourth-order valence-corrected chi connectivity index (χ4v) is 3.34. The molecule has 0 aromatic carbocycles. The van der Waals surface area contributed by atoms with Crippen molar-refractivity contribution in [3.05, 3.63) is 18.2 Å². The summed E-state index contributed by atoms with van der Waals surface area (Å²) >= 11 is 0. The number of hydrogen-bond acceptors (Lipinski definition) is 3. The highest BCUT2D eigenvalue weighted by Crippen LogP contribution is 2.65. The summed E-state index contributed by atoms with van der Waals surface area (Å²) in [7, 11) is 0. The number of aromatic nitrogens is 2. The van der Waals surface area contributed by atoms with Crippen molar-refractivity contribution in [2.75, 3.05) is 0 Å². The molecule has 5 nitrogen and oxygen atoms in total. The van der Waals surface area contributed by atoms with Crippen molar-refractivity contribution in [2.24, 2.45) is 0 Å². The van der Waals surface area contributed by atoms with Crippen molar-refractivity contribution in [3.63, 3.8) is 0 Å². The molecule has 1 amide bonds. The molecule has 0 saturated heterocycles. The maximum absolute atomic E-state index is 11.8. The molecule has 104 valence electrons. The molecule has 2 bridgehead atoms. The normalized spacial score (nSPS) is 32.2. The number of carbonyl (C=O) groups is 1. The van der Waals surface area contributed by atoms with Gasteiger partial charge in [-0.2, -0.15) is 0 Å². The fraction of sp³-hybridized carbons (Fsp3) is 0.714. The standard InChI is InChI=1S/C14H21N3O2/c1-10-5-17(9-15-10)14-6-13(7-14,8-14)16-11(18)19-12(2,3)4/h5,9H,6-8H2,1-4H3,(H,16,18). The highest BCUT2D eigenvalue weighted by molar-refractivity contribution is 5.70. The van der Waals surface area contributed by atoms with Crippen LogP contribution in [0, 0.1) is 6.92 Å². The second-order valence-electron chi connectivity index (χ2n) is 7.08. The van der Waals surface area contributed by atoms with Crippen LogP contribution < -0.4 is 5.32 Å². The van der Waals surface area contributed by atoms with Gasteiger partial charge in [-0.1, -0.05) is 0 Å². The van der Waals surface area contributed by atoms with Crippen LogP contribution in [0.2, 0.25) is 0 Å². The van der Waals surface area contributed by atoms with E-state index in [1.54, 1.807) is 0 Å². The molecule has 4 rings (SSSR count). The number of hydrogen-bond donors (Lipinski definition) is 1. The van der Waals surface area contributed by atoms with Gasteiger partial charge in [-0.15, -0.1) is 0 Å². The number of aryl methyl sites for hydroxylation is 1. The van der Waals surface area contributed by atoms with E-state index in [2.05, 4.69) is 21.1 Å². The number of nitrogens with one attached hydrogen (secondary N) is 1. The molecule has 0 aliphatic heterocycles. The highest BCUT2D eigenvalue weighted by Gasteiger charge is 2.70. The molecule has 0 radical (unpaired) electrons. The highest BCUT2D eigenvalue weighted by atomic mass is 16.6. The predicted octanol–water partition coefficient (Wildman–Crippen LogP) is 2.35. The topological polar surface area (TPSA) is 56.2 Å². The minimum absolute atomic E-state index is 0.0412. The average Bonchev–Trinajstić information content (AvgIpc) is 2.52. The largest absolute Gasteiger partial charge is 0.444 e. The Hall–Kier alpha value is -1.52. The Morgan fingerprint density at radius 1 is 1.42 bits per heavy atom. The van der Waals surface area contributed by atoms with E-state index in [4.69, 9.17) is 4.74 Å². The van der Waals surface area contributed by atoms with E-state index in [1.807, 2.05) is 34.0 Å². The quantitative estimate of drug-likeness (QED) is 0.891. The van der Waals surface area contributed by atoms with Gasteiger partial charge in [0.1, 0.15) is 5.60 Å². The molecule has 0 atom stereocenters. The van der Waals surface area contributed by atoms with Crippen molar-refractivity contribution in [1.29, 1.82) is 0 Å². The molecule has 1 N–H and O–H groups in total. The summed E-state index contributed by atoms with van der Waals surface area (Å²) in [4.78, 5) is 16.1. The zero-order chi connectivity index (χ0) is 13.9. The number of imidazole rings is 1. The molecule has 3 aliphatic carbocycles. The van der Waals surface area contributed by atoms with E-state index >= 15 is 0 Å². The molecule has 5 heteroatoms. The smallest absolute Gasteiger partial charge is 0.408 e. The van der Waals surface area contributed by atoms with E-state index in [9.17, 15) is 4.79 Å². The first-order valence-electron chi connectivity index (χ1n) is 6.74. The van der Waals surface area contributed by atoms with E-state index in [0.717, 1.165) is 25.0 Å². The summed E-state index contributed by atoms with van der Waals surface area (Å²) in [5, 5.41) is 3.02. The van der Waals surface area contributed by atoms with Crippen LogP contribution in [-0.2, 0) is 10.3 Å². The molecule has 19 heavy (non-hydrogen) atoms. The molecule has 3 saturated carbocycles. The van der Waals surface area contributed by atoms with Crippen LogP contribution in [0.15, 0.2) is 12.5 Å². The van der Waals surface area contributed by atoms with Crippen molar-refractivity contribution in [3.8, 4) is 0 Å². The summed E-state index contributed by atoms with van der Waals surface area (Å²) < 4.78 is 7.50. The van der Waals surface area contributed by atoms with Gasteiger partial charge < -0.3 is 14.6 Å². The lowest BCUT2D eigenvalue weighted by atomic mass is 9.44. The maximum Gasteiger partial charge on any atom is 0.408 e. The van der Waals surface area contributed by atoms with Gasteiger partial charge in [-0.05, 0) is 47.0 Å². The van der Waals surface area contributed by atoms with Crippen molar-refractivity contribution < 1.29 is 9.53 Å². The van der Waals surface area contributed by atoms with Crippen LogP contribution in [0.5, 0.6) is 0 Å². The average molecular weight is 263 g/mol. The van der Waals surface area contributed by atoms with Gasteiger partial charge in [0.2, 0.25) is 0 Å². The monoisotopic (exact) mass is 263 g/mol. The zero-order valence-electron chi connectivity index (χ0n) is 12.0. The Labute approximate surface area is 113 Å². The van der Waals surface area contributed by atoms with Crippen LogP contribution in [0.25, 0.3) is 0 Å². The van der Waals surface area contributed by atoms with Crippen LogP contribution in [-0.4, -0.2) is 26.8 Å². The van der Waals surface area contributed by atoms with Crippen molar-refractivity contribution in [2.45, 2.75) is 63.6 Å². The van der Waals surface area contributed by atoms with Crippen molar-refractivity contribution >= 4 is 6.09 Å². The van der Waals surface area contributed by atoms with Gasteiger partial charge in [0.15, 0.2) is 0 Å². The minimum Gasteiger partial charge on any atom is -0.444 e. The Morgan fingerprint density at radius 3 is 2.53 bits per heavy atom. The SMILES string of the molecule is Cc1cn(C23CC(NC(=O)OC(C)(C)C)(C2)C3)cn1. The lowest BCUT2D eigenvalue weighted by Crippen LogP contribution is -2.78. The van der Waals surface area contributed by atoms with Gasteiger partial charge >= 0.3 is 6.09 Å². The van der Waals surface area contributed by atoms with Crippen LogP contribution in [0.1, 0.15) is 45.7 Å². The molecule has 3 aliphatic rings. The molecule has 1 aromatic rings. The fourth-order valence-electron chi connectivity index (χ4n) is 3.34. The van der Waals surface area contributed by atoms with Crippen molar-refractivity contribution in [1.82, 2.24) is 14.9 Å². The number of alkyl carbamates (subject to hydrolysis) is 1. The third-order valence-electron chi connectivity index (χ3n) is 4.03. The number of amides is 1. The van der Waals surface area contributed by atoms with Crippen LogP contribution in [0.4, 0.5) is 4.79 Å². The third-order valence-corrected chi connectivity index (χ3v) is 4.03. The van der Waals surface area contributed by atoms with E-state index < -0.39 is 5.60 Å². The van der Waals surface area contributed by atoms with Gasteiger partial charge in [0.25, 0.3) is 0 Å². The summed E-state index contributed by atoms with van der Waals surface area (Å²) in [6, 6.07) is 0. The van der Waals surface area contributed by atoms with Gasteiger partial charge in [0.05, 0.1) is 23.1 Å². The lowest BCUT2D eigenvalue weighted by molar-refractivity contribution is -0.136. The predicted molar refractivity (Wildman–Crippen MR) is 70.9 cm³/mol. The Kier molecular flexibility index (Phi) is 2.32. The second kappa shape index (κ2) is 3.52. The summed E-state index contributed by atoms with van der Waals surface area (Å²) in [5.41, 5.74) is 0.752. The number of rotatable bonds is 2. The third kappa shape index (κ3) is 2.01. The molecular weight excluding hydrogens is 242 g/mol. The Bertz CT molecular complexity index is 507. The van der Waals surface area contributed by atoms with E-state index in [-0.39, 0.29) is 17.2 Å². The summed E-state index contributed by atoms with van der Waals surface area (Å²) in [6.07, 6.45) is 6.62. The molecule has 3 fully saturated rings. The van der Waals surface area contributed by atoms with Crippen LogP contribution >= 0.6 is 0 Å². The molecule has 0 unspecified atom stereocenters. The maximum atomic E-state index is 11.8. The second-order valence-corrected chi connectivity index (χ2v) is 7.08. The molecule has 1 aromatic heterocycles. The first-order valence-corrected chi connectivity index (χ1v) is 6.74. The molecule has 1 heterocycles. The van der Waals surface area contributed by atoms with E-state index in [0.29, 0.717) is 0 Å². The number of ether oxygens (including phenoxy) is 1.